The molecule has 0 unspecified atom stereocenters. The maximum atomic E-state index is 12.9. The molecule has 0 bridgehead atoms. The number of benzene rings is 2. The predicted molar refractivity (Wildman–Crippen MR) is 109 cm³/mol. The molecule has 0 fully saturated rings. The van der Waals surface area contributed by atoms with Crippen molar-refractivity contribution in [3.63, 3.8) is 0 Å². The van der Waals surface area contributed by atoms with Gasteiger partial charge in [0.05, 0.1) is 23.3 Å². The van der Waals surface area contributed by atoms with E-state index in [-0.39, 0.29) is 10.8 Å². The lowest BCUT2D eigenvalue weighted by Gasteiger charge is -2.14. The van der Waals surface area contributed by atoms with Crippen molar-refractivity contribution >= 4 is 27.3 Å². The fourth-order valence-electron chi connectivity index (χ4n) is 3.13. The van der Waals surface area contributed by atoms with E-state index >= 15 is 0 Å². The summed E-state index contributed by atoms with van der Waals surface area (Å²) in [5.74, 6) is -0.210. The molecule has 1 heterocycles. The zero-order valence-electron chi connectivity index (χ0n) is 15.9. The molecule has 7 nitrogen and oxygen atoms in total. The van der Waals surface area contributed by atoms with Gasteiger partial charge in [-0.15, -0.1) is 0 Å². The highest BCUT2D eigenvalue weighted by Gasteiger charge is 2.21. The average Bonchev–Trinajstić information content (AvgIpc) is 3.00. The molecule has 3 aromatic rings. The number of carbonyl (C=O) groups excluding carboxylic acids is 1. The molecule has 0 aliphatic heterocycles. The minimum Gasteiger partial charge on any atom is -0.326 e. The van der Waals surface area contributed by atoms with E-state index in [1.807, 2.05) is 30.3 Å². The van der Waals surface area contributed by atoms with Crippen molar-refractivity contribution in [1.29, 1.82) is 0 Å². The Labute approximate surface area is 164 Å². The Hall–Kier alpha value is -3.13. The largest absolute Gasteiger partial charge is 0.326 e. The molecule has 8 heteroatoms. The third-order valence-electron chi connectivity index (χ3n) is 4.12. The monoisotopic (exact) mass is 398 g/mol. The quantitative estimate of drug-likeness (QED) is 0.666. The Balaban J connectivity index is 1.82. The topological polar surface area (TPSA) is 93.1 Å². The summed E-state index contributed by atoms with van der Waals surface area (Å²) in [6.45, 7) is 5.35. The van der Waals surface area contributed by atoms with Crippen molar-refractivity contribution in [1.82, 2.24) is 9.78 Å². The zero-order chi connectivity index (χ0) is 20.3. The van der Waals surface area contributed by atoms with Gasteiger partial charge in [0, 0.05) is 18.8 Å². The van der Waals surface area contributed by atoms with Gasteiger partial charge >= 0.3 is 0 Å². The molecule has 1 amide bonds. The molecule has 0 saturated heterocycles. The van der Waals surface area contributed by atoms with Crippen molar-refractivity contribution in [3.05, 3.63) is 71.5 Å². The van der Waals surface area contributed by atoms with Gasteiger partial charge < -0.3 is 5.32 Å². The SMILES string of the molecule is CC(=O)Nc1cc(C)c(S(=O)(=O)Nc2cnn(Cc3ccccc3)c2)c(C)c1. The molecule has 0 aliphatic carbocycles. The van der Waals surface area contributed by atoms with Crippen LogP contribution in [0.5, 0.6) is 0 Å². The Morgan fingerprint density at radius 1 is 1.07 bits per heavy atom. The number of aryl methyl sites for hydroxylation is 2. The zero-order valence-corrected chi connectivity index (χ0v) is 16.7. The molecule has 0 radical (unpaired) electrons. The van der Waals surface area contributed by atoms with Crippen LogP contribution in [0, 0.1) is 13.8 Å². The van der Waals surface area contributed by atoms with E-state index < -0.39 is 10.0 Å². The van der Waals surface area contributed by atoms with Crippen LogP contribution in [0.1, 0.15) is 23.6 Å². The molecule has 0 spiro atoms. The molecule has 0 atom stereocenters. The van der Waals surface area contributed by atoms with Gasteiger partial charge in [-0.2, -0.15) is 5.10 Å². The summed E-state index contributed by atoms with van der Waals surface area (Å²) in [6, 6.07) is 13.1. The Morgan fingerprint density at radius 2 is 1.71 bits per heavy atom. The average molecular weight is 398 g/mol. The third kappa shape index (κ3) is 4.58. The summed E-state index contributed by atoms with van der Waals surface area (Å²) >= 11 is 0. The van der Waals surface area contributed by atoms with E-state index in [1.54, 1.807) is 36.9 Å². The lowest BCUT2D eigenvalue weighted by atomic mass is 10.1. The van der Waals surface area contributed by atoms with Crippen molar-refractivity contribution < 1.29 is 13.2 Å². The molecule has 2 aromatic carbocycles. The number of nitrogens with one attached hydrogen (secondary N) is 2. The second kappa shape index (κ2) is 7.85. The first-order valence-electron chi connectivity index (χ1n) is 8.72. The van der Waals surface area contributed by atoms with Gasteiger partial charge in [-0.3, -0.25) is 14.2 Å². The van der Waals surface area contributed by atoms with Crippen molar-refractivity contribution in [2.75, 3.05) is 10.0 Å². The van der Waals surface area contributed by atoms with Crippen LogP contribution >= 0.6 is 0 Å². The first-order chi connectivity index (χ1) is 13.2. The molecule has 3 rings (SSSR count). The highest BCUT2D eigenvalue weighted by atomic mass is 32.2. The number of carbonyl (C=O) groups is 1. The summed E-state index contributed by atoms with van der Waals surface area (Å²) in [5.41, 5.74) is 3.12. The van der Waals surface area contributed by atoms with Crippen LogP contribution in [0.2, 0.25) is 0 Å². The van der Waals surface area contributed by atoms with Gasteiger partial charge in [-0.25, -0.2) is 8.42 Å². The van der Waals surface area contributed by atoms with E-state index in [1.165, 1.54) is 13.1 Å². The number of aromatic nitrogens is 2. The van der Waals surface area contributed by atoms with Crippen LogP contribution in [0.4, 0.5) is 11.4 Å². The second-order valence-corrected chi connectivity index (χ2v) is 8.26. The Kier molecular flexibility index (Phi) is 5.51. The van der Waals surface area contributed by atoms with Gasteiger partial charge in [-0.05, 0) is 42.7 Å². The first kappa shape index (κ1) is 19.6. The highest BCUT2D eigenvalue weighted by Crippen LogP contribution is 2.26. The number of nitrogens with zero attached hydrogens (tertiary/aromatic N) is 2. The summed E-state index contributed by atoms with van der Waals surface area (Å²) in [5, 5.41) is 6.90. The number of sulfonamides is 1. The van der Waals surface area contributed by atoms with E-state index in [4.69, 9.17) is 0 Å². The second-order valence-electron chi connectivity index (χ2n) is 6.64. The van der Waals surface area contributed by atoms with E-state index in [2.05, 4.69) is 15.1 Å². The Bertz CT molecular complexity index is 1080. The molecule has 0 saturated carbocycles. The molecular weight excluding hydrogens is 376 g/mol. The number of anilines is 2. The number of hydrogen-bond acceptors (Lipinski definition) is 4. The van der Waals surface area contributed by atoms with E-state index in [0.717, 1.165) is 5.56 Å². The van der Waals surface area contributed by atoms with Gasteiger partial charge in [0.2, 0.25) is 5.91 Å². The van der Waals surface area contributed by atoms with E-state index in [0.29, 0.717) is 29.0 Å². The van der Waals surface area contributed by atoms with Gasteiger partial charge in [0.15, 0.2) is 0 Å². The van der Waals surface area contributed by atoms with Crippen molar-refractivity contribution in [2.24, 2.45) is 0 Å². The predicted octanol–water partition coefficient (Wildman–Crippen LogP) is 3.31. The lowest BCUT2D eigenvalue weighted by molar-refractivity contribution is -0.114. The fourth-order valence-corrected chi connectivity index (χ4v) is 4.61. The van der Waals surface area contributed by atoms with Crippen LogP contribution in [0.3, 0.4) is 0 Å². The lowest BCUT2D eigenvalue weighted by Crippen LogP contribution is -2.16. The highest BCUT2D eigenvalue weighted by molar-refractivity contribution is 7.92. The summed E-state index contributed by atoms with van der Waals surface area (Å²) < 4.78 is 30.1. The fraction of sp³-hybridized carbons (Fsp3) is 0.200. The first-order valence-corrected chi connectivity index (χ1v) is 10.2. The van der Waals surface area contributed by atoms with Crippen LogP contribution < -0.4 is 10.0 Å². The summed E-state index contributed by atoms with van der Waals surface area (Å²) in [6.07, 6.45) is 3.14. The number of hydrogen-bond donors (Lipinski definition) is 2. The van der Waals surface area contributed by atoms with Crippen LogP contribution in [0.25, 0.3) is 0 Å². The Morgan fingerprint density at radius 3 is 2.32 bits per heavy atom. The minimum absolute atomic E-state index is 0.192. The smallest absolute Gasteiger partial charge is 0.262 e. The van der Waals surface area contributed by atoms with Crippen molar-refractivity contribution in [3.8, 4) is 0 Å². The third-order valence-corrected chi connectivity index (χ3v) is 5.81. The standard InChI is InChI=1S/C20H22N4O3S/c1-14-9-18(22-16(3)25)10-15(2)20(14)28(26,27)23-19-11-21-24(13-19)12-17-7-5-4-6-8-17/h4-11,13,23H,12H2,1-3H3,(H,22,25). The molecule has 0 aliphatic rings. The van der Waals surface area contributed by atoms with Crippen molar-refractivity contribution in [2.45, 2.75) is 32.2 Å². The van der Waals surface area contributed by atoms with Gasteiger partial charge in [-0.1, -0.05) is 30.3 Å². The maximum Gasteiger partial charge on any atom is 0.262 e. The minimum atomic E-state index is -3.80. The molecule has 28 heavy (non-hydrogen) atoms. The van der Waals surface area contributed by atoms with Gasteiger partial charge in [0.1, 0.15) is 0 Å². The molecule has 1 aromatic heterocycles. The summed E-state index contributed by atoms with van der Waals surface area (Å²) in [4.78, 5) is 11.4. The molecule has 2 N–H and O–H groups in total. The normalized spacial score (nSPS) is 11.2. The molecular formula is C20H22N4O3S. The van der Waals surface area contributed by atoms with Crippen LogP contribution in [-0.2, 0) is 21.4 Å². The van der Waals surface area contributed by atoms with Crippen LogP contribution in [0.15, 0.2) is 59.8 Å². The molecule has 146 valence electrons. The number of amides is 1. The number of rotatable bonds is 6. The summed E-state index contributed by atoms with van der Waals surface area (Å²) in [7, 11) is -3.80. The van der Waals surface area contributed by atoms with Crippen LogP contribution in [-0.4, -0.2) is 24.1 Å². The van der Waals surface area contributed by atoms with Gasteiger partial charge in [0.25, 0.3) is 10.0 Å². The maximum absolute atomic E-state index is 12.9. The van der Waals surface area contributed by atoms with E-state index in [9.17, 15) is 13.2 Å².